The van der Waals surface area contributed by atoms with Gasteiger partial charge in [-0.25, -0.2) is 0 Å². The van der Waals surface area contributed by atoms with Gasteiger partial charge in [0.15, 0.2) is 0 Å². The molecule has 1 saturated carbocycles. The third-order valence-corrected chi connectivity index (χ3v) is 4.04. The van der Waals surface area contributed by atoms with Crippen LogP contribution in [0.1, 0.15) is 32.1 Å². The van der Waals surface area contributed by atoms with E-state index in [-0.39, 0.29) is 11.8 Å². The van der Waals surface area contributed by atoms with Crippen LogP contribution in [0.2, 0.25) is 0 Å². The summed E-state index contributed by atoms with van der Waals surface area (Å²) >= 11 is 0. The quantitative estimate of drug-likeness (QED) is 0.904. The van der Waals surface area contributed by atoms with Gasteiger partial charge in [0.2, 0.25) is 5.91 Å². The minimum Gasteiger partial charge on any atom is -0.490 e. The van der Waals surface area contributed by atoms with Gasteiger partial charge in [-0.1, -0.05) is 24.3 Å². The van der Waals surface area contributed by atoms with E-state index in [2.05, 4.69) is 5.32 Å². The van der Waals surface area contributed by atoms with E-state index in [0.717, 1.165) is 30.7 Å². The summed E-state index contributed by atoms with van der Waals surface area (Å²) in [5, 5.41) is 2.95. The predicted molar refractivity (Wildman–Crippen MR) is 84.3 cm³/mol. The highest BCUT2D eigenvalue weighted by molar-refractivity contribution is 5.94. The van der Waals surface area contributed by atoms with Crippen molar-refractivity contribution in [2.75, 3.05) is 5.32 Å². The number of rotatable bonds is 4. The second kappa shape index (κ2) is 6.61. The van der Waals surface area contributed by atoms with Crippen LogP contribution in [-0.4, -0.2) is 12.0 Å². The average molecular weight is 283 g/mol. The van der Waals surface area contributed by atoms with E-state index in [9.17, 15) is 4.79 Å². The Balaban J connectivity index is 1.55. The Morgan fingerprint density at radius 1 is 1.10 bits per heavy atom. The first-order chi connectivity index (χ1) is 10.3. The zero-order valence-corrected chi connectivity index (χ0v) is 12.1. The monoisotopic (exact) mass is 283 g/mol. The zero-order valence-electron chi connectivity index (χ0n) is 12.1. The van der Waals surface area contributed by atoms with Gasteiger partial charge in [-0.2, -0.15) is 0 Å². The summed E-state index contributed by atoms with van der Waals surface area (Å²) in [6.07, 6.45) is 13.8. The van der Waals surface area contributed by atoms with Crippen molar-refractivity contribution in [3.63, 3.8) is 0 Å². The van der Waals surface area contributed by atoms with Crippen molar-refractivity contribution in [2.45, 2.75) is 38.2 Å². The van der Waals surface area contributed by atoms with Crippen LogP contribution in [0.3, 0.4) is 0 Å². The molecule has 1 aromatic rings. The van der Waals surface area contributed by atoms with E-state index in [0.29, 0.717) is 6.10 Å². The van der Waals surface area contributed by atoms with Crippen molar-refractivity contribution < 1.29 is 9.53 Å². The molecule has 0 aromatic heterocycles. The number of carbonyl (C=O) groups excluding carboxylic acids is 1. The van der Waals surface area contributed by atoms with Crippen LogP contribution in [0, 0.1) is 5.92 Å². The number of hydrogen-bond donors (Lipinski definition) is 1. The lowest BCUT2D eigenvalue weighted by atomic mass is 10.00. The zero-order chi connectivity index (χ0) is 14.5. The van der Waals surface area contributed by atoms with Crippen LogP contribution in [0.5, 0.6) is 5.75 Å². The number of benzene rings is 1. The van der Waals surface area contributed by atoms with Crippen LogP contribution in [0.25, 0.3) is 0 Å². The first-order valence-corrected chi connectivity index (χ1v) is 7.72. The van der Waals surface area contributed by atoms with Gasteiger partial charge < -0.3 is 10.1 Å². The molecule has 21 heavy (non-hydrogen) atoms. The van der Waals surface area contributed by atoms with Crippen LogP contribution < -0.4 is 10.1 Å². The Kier molecular flexibility index (Phi) is 4.39. The van der Waals surface area contributed by atoms with Crippen molar-refractivity contribution in [3.8, 4) is 5.75 Å². The topological polar surface area (TPSA) is 38.3 Å². The maximum absolute atomic E-state index is 12.1. The Labute approximate surface area is 125 Å². The summed E-state index contributed by atoms with van der Waals surface area (Å²) < 4.78 is 5.92. The van der Waals surface area contributed by atoms with Gasteiger partial charge in [0, 0.05) is 5.69 Å². The lowest BCUT2D eigenvalue weighted by Gasteiger charge is -2.15. The number of ether oxygens (including phenoxy) is 1. The number of hydrogen-bond acceptors (Lipinski definition) is 2. The van der Waals surface area contributed by atoms with Gasteiger partial charge in [-0.3, -0.25) is 4.79 Å². The Morgan fingerprint density at radius 3 is 2.52 bits per heavy atom. The molecule has 0 aliphatic heterocycles. The smallest absolute Gasteiger partial charge is 0.231 e. The first kappa shape index (κ1) is 13.9. The molecule has 110 valence electrons. The lowest BCUT2D eigenvalue weighted by molar-refractivity contribution is -0.118. The van der Waals surface area contributed by atoms with Crippen molar-refractivity contribution in [1.29, 1.82) is 0 Å². The number of amides is 1. The molecule has 1 amide bonds. The Morgan fingerprint density at radius 2 is 1.86 bits per heavy atom. The number of allylic oxidation sites excluding steroid dienone is 3. The SMILES string of the molecule is O=C(Nc1ccc(OC2CCCC2)cc1)C1C=CC=CC1. The molecule has 0 radical (unpaired) electrons. The Bertz CT molecular complexity index is 539. The second-order valence-corrected chi connectivity index (χ2v) is 5.69. The summed E-state index contributed by atoms with van der Waals surface area (Å²) in [5.41, 5.74) is 0.821. The standard InChI is InChI=1S/C18H21NO2/c20-18(14-6-2-1-3-7-14)19-15-10-12-17(13-11-15)21-16-8-4-5-9-16/h1-3,6,10-14,16H,4-5,7-9H2,(H,19,20). The third-order valence-electron chi connectivity index (χ3n) is 4.04. The van der Waals surface area contributed by atoms with Gasteiger partial charge >= 0.3 is 0 Å². The first-order valence-electron chi connectivity index (χ1n) is 7.72. The molecule has 3 nitrogen and oxygen atoms in total. The minimum absolute atomic E-state index is 0.0417. The van der Waals surface area contributed by atoms with Crippen LogP contribution >= 0.6 is 0 Å². The second-order valence-electron chi connectivity index (χ2n) is 5.69. The van der Waals surface area contributed by atoms with Gasteiger partial charge in [0.1, 0.15) is 5.75 Å². The van der Waals surface area contributed by atoms with Crippen LogP contribution in [0.4, 0.5) is 5.69 Å². The molecule has 1 fully saturated rings. The number of anilines is 1. The maximum Gasteiger partial charge on any atom is 0.231 e. The van der Waals surface area contributed by atoms with Crippen molar-refractivity contribution in [1.82, 2.24) is 0 Å². The average Bonchev–Trinajstić information content (AvgIpc) is 3.03. The summed E-state index contributed by atoms with van der Waals surface area (Å²) in [5.74, 6) is 0.866. The molecule has 0 bridgehead atoms. The molecule has 0 saturated heterocycles. The van der Waals surface area contributed by atoms with Gasteiger partial charge in [-0.05, 0) is 56.4 Å². The molecule has 2 aliphatic rings. The molecule has 1 unspecified atom stereocenters. The largest absolute Gasteiger partial charge is 0.490 e. The van der Waals surface area contributed by atoms with Gasteiger partial charge in [0.25, 0.3) is 0 Å². The van der Waals surface area contributed by atoms with Crippen molar-refractivity contribution in [3.05, 3.63) is 48.6 Å². The highest BCUT2D eigenvalue weighted by Gasteiger charge is 2.17. The molecule has 3 heteroatoms. The highest BCUT2D eigenvalue weighted by atomic mass is 16.5. The van der Waals surface area contributed by atoms with Gasteiger partial charge in [-0.15, -0.1) is 0 Å². The minimum atomic E-state index is -0.0654. The molecule has 3 rings (SSSR count). The fraction of sp³-hybridized carbons (Fsp3) is 0.389. The van der Waals surface area contributed by atoms with E-state index in [1.165, 1.54) is 12.8 Å². The summed E-state index contributed by atoms with van der Waals surface area (Å²) in [6, 6.07) is 7.68. The lowest BCUT2D eigenvalue weighted by Crippen LogP contribution is -2.21. The van der Waals surface area contributed by atoms with Gasteiger partial charge in [0.05, 0.1) is 12.0 Å². The normalized spacial score (nSPS) is 21.4. The van der Waals surface area contributed by atoms with E-state index in [1.807, 2.05) is 48.6 Å². The summed E-state index contributed by atoms with van der Waals surface area (Å²) in [7, 11) is 0. The summed E-state index contributed by atoms with van der Waals surface area (Å²) in [4.78, 5) is 12.1. The highest BCUT2D eigenvalue weighted by Crippen LogP contribution is 2.25. The van der Waals surface area contributed by atoms with Crippen LogP contribution in [-0.2, 0) is 4.79 Å². The van der Waals surface area contributed by atoms with Crippen LogP contribution in [0.15, 0.2) is 48.6 Å². The molecular formula is C18H21NO2. The molecule has 1 atom stereocenters. The summed E-state index contributed by atoms with van der Waals surface area (Å²) in [6.45, 7) is 0. The third kappa shape index (κ3) is 3.75. The number of nitrogens with one attached hydrogen (secondary N) is 1. The van der Waals surface area contributed by atoms with E-state index >= 15 is 0 Å². The van der Waals surface area contributed by atoms with Crippen molar-refractivity contribution >= 4 is 11.6 Å². The van der Waals surface area contributed by atoms with E-state index < -0.39 is 0 Å². The maximum atomic E-state index is 12.1. The molecule has 1 N–H and O–H groups in total. The number of carbonyl (C=O) groups is 1. The molecule has 1 aromatic carbocycles. The molecule has 0 heterocycles. The predicted octanol–water partition coefficient (Wildman–Crippen LogP) is 4.08. The molecule has 2 aliphatic carbocycles. The molecule has 0 spiro atoms. The van der Waals surface area contributed by atoms with Crippen molar-refractivity contribution in [2.24, 2.45) is 5.92 Å². The van der Waals surface area contributed by atoms with E-state index in [4.69, 9.17) is 4.74 Å². The fourth-order valence-corrected chi connectivity index (χ4v) is 2.83. The van der Waals surface area contributed by atoms with E-state index in [1.54, 1.807) is 0 Å². The fourth-order valence-electron chi connectivity index (χ4n) is 2.83. The Hall–Kier alpha value is -2.03. The molecular weight excluding hydrogens is 262 g/mol.